The number of carbonyl (C=O) groups is 1. The largest absolute Gasteiger partial charge is 0.416 e. The molecule has 1 aromatic carbocycles. The smallest absolute Gasteiger partial charge is 0.351 e. The number of halogens is 3. The molecular formula is C22H23F3N4O3. The van der Waals surface area contributed by atoms with Gasteiger partial charge in [-0.25, -0.2) is 9.78 Å². The number of nitrogens with zero attached hydrogens (tertiary/aromatic N) is 2. The first kappa shape index (κ1) is 23.2. The lowest BCUT2D eigenvalue weighted by Gasteiger charge is -2.26. The number of fused-ring (bicyclic) bond motifs is 1. The number of hydrogen-bond donors (Lipinski definition) is 2. The van der Waals surface area contributed by atoms with E-state index in [4.69, 9.17) is 0 Å². The van der Waals surface area contributed by atoms with Crippen molar-refractivity contribution >= 4 is 16.9 Å². The van der Waals surface area contributed by atoms with Crippen molar-refractivity contribution in [1.82, 2.24) is 19.9 Å². The van der Waals surface area contributed by atoms with Gasteiger partial charge in [0.25, 0.3) is 11.5 Å². The van der Waals surface area contributed by atoms with Crippen molar-refractivity contribution in [1.29, 1.82) is 0 Å². The maximum Gasteiger partial charge on any atom is 0.416 e. The van der Waals surface area contributed by atoms with E-state index in [9.17, 15) is 27.6 Å². The molecule has 2 heterocycles. The monoisotopic (exact) mass is 448 g/mol. The number of hydrogen-bond acceptors (Lipinski definition) is 4. The van der Waals surface area contributed by atoms with E-state index in [1.165, 1.54) is 22.9 Å². The van der Waals surface area contributed by atoms with E-state index < -0.39 is 34.3 Å². The number of carbonyl (C=O) groups excluding carboxylic acids is 1. The molecule has 3 rings (SSSR count). The van der Waals surface area contributed by atoms with Crippen LogP contribution in [0.2, 0.25) is 0 Å². The van der Waals surface area contributed by atoms with Crippen LogP contribution in [0.15, 0.2) is 46.1 Å². The van der Waals surface area contributed by atoms with E-state index in [0.29, 0.717) is 18.5 Å². The normalized spacial score (nSPS) is 12.2. The van der Waals surface area contributed by atoms with Crippen molar-refractivity contribution in [2.24, 2.45) is 0 Å². The Labute approximate surface area is 181 Å². The summed E-state index contributed by atoms with van der Waals surface area (Å²) in [5, 5.41) is 2.79. The summed E-state index contributed by atoms with van der Waals surface area (Å²) in [7, 11) is 0. The minimum absolute atomic E-state index is 0.0525. The summed E-state index contributed by atoms with van der Waals surface area (Å²) in [6, 6.07) is 6.31. The molecule has 2 N–H and O–H groups in total. The lowest BCUT2D eigenvalue weighted by molar-refractivity contribution is -0.137. The van der Waals surface area contributed by atoms with Crippen LogP contribution in [0.5, 0.6) is 0 Å². The first-order valence-electron chi connectivity index (χ1n) is 10.0. The highest BCUT2D eigenvalue weighted by Gasteiger charge is 2.32. The number of H-pyrrole nitrogens is 1. The Hall–Kier alpha value is -3.43. The second kappa shape index (κ2) is 8.60. The van der Waals surface area contributed by atoms with Gasteiger partial charge in [0, 0.05) is 24.7 Å². The van der Waals surface area contributed by atoms with Crippen LogP contribution in [0.25, 0.3) is 11.0 Å². The number of rotatable bonds is 6. The fraction of sp³-hybridized carbons (Fsp3) is 0.364. The number of aryl methyl sites for hydroxylation is 1. The van der Waals surface area contributed by atoms with Crippen LogP contribution in [0.4, 0.5) is 13.2 Å². The van der Waals surface area contributed by atoms with Gasteiger partial charge in [0.2, 0.25) is 0 Å². The Morgan fingerprint density at radius 1 is 1.16 bits per heavy atom. The van der Waals surface area contributed by atoms with Crippen LogP contribution in [0, 0.1) is 0 Å². The molecule has 0 fully saturated rings. The fourth-order valence-electron chi connectivity index (χ4n) is 3.34. The highest BCUT2D eigenvalue weighted by atomic mass is 19.4. The van der Waals surface area contributed by atoms with Crippen LogP contribution in [-0.4, -0.2) is 27.0 Å². The Kier molecular flexibility index (Phi) is 6.25. The van der Waals surface area contributed by atoms with E-state index in [1.54, 1.807) is 19.9 Å². The van der Waals surface area contributed by atoms with Crippen molar-refractivity contribution in [3.8, 4) is 0 Å². The summed E-state index contributed by atoms with van der Waals surface area (Å²) in [4.78, 5) is 43.3. The third kappa shape index (κ3) is 4.74. The Balaban J connectivity index is 1.84. The van der Waals surface area contributed by atoms with Crippen LogP contribution < -0.4 is 16.6 Å². The maximum absolute atomic E-state index is 13.0. The van der Waals surface area contributed by atoms with Gasteiger partial charge in [-0.2, -0.15) is 13.2 Å². The molecule has 170 valence electrons. The predicted octanol–water partition coefficient (Wildman–Crippen LogP) is 3.22. The third-order valence-electron chi connectivity index (χ3n) is 5.20. The lowest BCUT2D eigenvalue weighted by atomic mass is 9.83. The van der Waals surface area contributed by atoms with Gasteiger partial charge in [-0.05, 0) is 24.1 Å². The number of aromatic amines is 1. The Morgan fingerprint density at radius 3 is 2.50 bits per heavy atom. The molecule has 0 bridgehead atoms. The van der Waals surface area contributed by atoms with Gasteiger partial charge in [0.1, 0.15) is 5.65 Å². The number of nitrogens with one attached hydrogen (secondary N) is 2. The predicted molar refractivity (Wildman–Crippen MR) is 114 cm³/mol. The number of aromatic nitrogens is 3. The van der Waals surface area contributed by atoms with Crippen molar-refractivity contribution < 1.29 is 18.0 Å². The molecule has 0 unspecified atom stereocenters. The quantitative estimate of drug-likeness (QED) is 0.605. The van der Waals surface area contributed by atoms with Gasteiger partial charge in [-0.3, -0.25) is 19.1 Å². The summed E-state index contributed by atoms with van der Waals surface area (Å²) in [5.74, 6) is -0.535. The number of pyridine rings is 1. The average molecular weight is 448 g/mol. The van der Waals surface area contributed by atoms with Gasteiger partial charge < -0.3 is 5.32 Å². The lowest BCUT2D eigenvalue weighted by Crippen LogP contribution is -2.37. The molecule has 0 aliphatic carbocycles. The SMILES string of the molecule is CCCn1c(=O)[nH]c(=O)c2cc(C(=O)NCC(C)(C)c3cccc(C(F)(F)F)c3)cnc21. The Morgan fingerprint density at radius 2 is 1.84 bits per heavy atom. The van der Waals surface area contributed by atoms with E-state index >= 15 is 0 Å². The van der Waals surface area contributed by atoms with Crippen LogP contribution >= 0.6 is 0 Å². The van der Waals surface area contributed by atoms with Gasteiger partial charge in [-0.15, -0.1) is 0 Å². The number of alkyl halides is 3. The third-order valence-corrected chi connectivity index (χ3v) is 5.20. The van der Waals surface area contributed by atoms with E-state index in [0.717, 1.165) is 12.1 Å². The van der Waals surface area contributed by atoms with E-state index in [1.807, 2.05) is 6.92 Å². The molecule has 7 nitrogen and oxygen atoms in total. The van der Waals surface area contributed by atoms with Gasteiger partial charge in [0.05, 0.1) is 16.5 Å². The second-order valence-corrected chi connectivity index (χ2v) is 8.15. The first-order valence-corrected chi connectivity index (χ1v) is 10.0. The Bertz CT molecular complexity index is 1280. The molecule has 0 aliphatic rings. The van der Waals surface area contributed by atoms with Crippen LogP contribution in [-0.2, 0) is 18.1 Å². The zero-order valence-corrected chi connectivity index (χ0v) is 17.8. The minimum atomic E-state index is -4.46. The van der Waals surface area contributed by atoms with Gasteiger partial charge >= 0.3 is 11.9 Å². The topological polar surface area (TPSA) is 96.9 Å². The molecule has 32 heavy (non-hydrogen) atoms. The zero-order valence-electron chi connectivity index (χ0n) is 17.8. The van der Waals surface area contributed by atoms with Gasteiger partial charge in [0.15, 0.2) is 0 Å². The molecule has 0 spiro atoms. The summed E-state index contributed by atoms with van der Waals surface area (Å²) < 4.78 is 40.4. The molecule has 0 saturated heterocycles. The average Bonchev–Trinajstić information content (AvgIpc) is 2.74. The first-order chi connectivity index (χ1) is 14.9. The van der Waals surface area contributed by atoms with E-state index in [-0.39, 0.29) is 23.1 Å². The van der Waals surface area contributed by atoms with Crippen LogP contribution in [0.3, 0.4) is 0 Å². The molecule has 2 aromatic heterocycles. The molecule has 3 aromatic rings. The standard InChI is InChI=1S/C22H23F3N4O3/c1-4-8-29-17-16(19(31)28-20(29)32)9-13(11-26-17)18(30)27-12-21(2,3)14-6-5-7-15(10-14)22(23,24)25/h5-7,9-11H,4,8,12H2,1-3H3,(H,27,30)(H,28,31,32). The van der Waals surface area contributed by atoms with E-state index in [2.05, 4.69) is 15.3 Å². The summed E-state index contributed by atoms with van der Waals surface area (Å²) in [6.45, 7) is 5.72. The summed E-state index contributed by atoms with van der Waals surface area (Å²) in [6.07, 6.45) is -2.55. The molecule has 1 amide bonds. The molecule has 0 aliphatic heterocycles. The number of amides is 1. The minimum Gasteiger partial charge on any atom is -0.351 e. The highest BCUT2D eigenvalue weighted by Crippen LogP contribution is 2.32. The molecule has 0 saturated carbocycles. The van der Waals surface area contributed by atoms with Crippen molar-refractivity contribution in [2.45, 2.75) is 45.3 Å². The molecular weight excluding hydrogens is 425 g/mol. The van der Waals surface area contributed by atoms with Crippen molar-refractivity contribution in [3.63, 3.8) is 0 Å². The number of benzene rings is 1. The van der Waals surface area contributed by atoms with Crippen LogP contribution in [0.1, 0.15) is 48.7 Å². The molecule has 0 atom stereocenters. The van der Waals surface area contributed by atoms with Crippen molar-refractivity contribution in [2.75, 3.05) is 6.54 Å². The zero-order chi connectivity index (χ0) is 23.7. The molecule has 0 radical (unpaired) electrons. The maximum atomic E-state index is 13.0. The highest BCUT2D eigenvalue weighted by molar-refractivity contribution is 5.96. The van der Waals surface area contributed by atoms with Gasteiger partial charge in [-0.1, -0.05) is 39.0 Å². The fourth-order valence-corrected chi connectivity index (χ4v) is 3.34. The summed E-state index contributed by atoms with van der Waals surface area (Å²) >= 11 is 0. The molecule has 10 heteroatoms. The second-order valence-electron chi connectivity index (χ2n) is 8.15. The van der Waals surface area contributed by atoms with Crippen molar-refractivity contribution in [3.05, 3.63) is 74.1 Å². The summed E-state index contributed by atoms with van der Waals surface area (Å²) in [5.41, 5.74) is -2.07.